The molecule has 0 amide bonds. The third-order valence-corrected chi connectivity index (χ3v) is 1.75. The van der Waals surface area contributed by atoms with Crippen LogP contribution in [0.25, 0.3) is 0 Å². The van der Waals surface area contributed by atoms with Crippen LogP contribution in [-0.2, 0) is 6.42 Å². The van der Waals surface area contributed by atoms with Gasteiger partial charge in [0.1, 0.15) is 0 Å². The average molecular weight is 168 g/mol. The molecule has 0 nitrogen and oxygen atoms in total. The van der Waals surface area contributed by atoms with Crippen LogP contribution < -0.4 is 0 Å². The highest BCUT2D eigenvalue weighted by molar-refractivity contribution is 6.30. The van der Waals surface area contributed by atoms with Crippen LogP contribution in [0, 0.1) is 12.8 Å². The molecule has 0 saturated carbocycles. The van der Waals surface area contributed by atoms with E-state index >= 15 is 0 Å². The molecule has 0 bridgehead atoms. The maximum absolute atomic E-state index is 5.73. The van der Waals surface area contributed by atoms with E-state index in [4.69, 9.17) is 11.6 Å². The van der Waals surface area contributed by atoms with Crippen molar-refractivity contribution in [2.75, 3.05) is 0 Å². The number of halogens is 1. The second-order valence-electron chi connectivity index (χ2n) is 2.94. The minimum atomic E-state index is 0.469. The third-order valence-electron chi connectivity index (χ3n) is 1.50. The van der Waals surface area contributed by atoms with E-state index in [2.05, 4.69) is 13.8 Å². The maximum Gasteiger partial charge on any atom is 0.0406 e. The van der Waals surface area contributed by atoms with E-state index in [1.165, 1.54) is 5.56 Å². The number of rotatable bonds is 2. The summed E-state index contributed by atoms with van der Waals surface area (Å²) in [5.74, 6) is 0.469. The minimum absolute atomic E-state index is 0.469. The molecule has 1 heteroatoms. The van der Waals surface area contributed by atoms with Gasteiger partial charge in [-0.3, -0.25) is 0 Å². The van der Waals surface area contributed by atoms with Gasteiger partial charge in [0.05, 0.1) is 0 Å². The lowest BCUT2D eigenvalue weighted by atomic mass is 10.0. The van der Waals surface area contributed by atoms with Gasteiger partial charge in [-0.25, -0.2) is 0 Å². The van der Waals surface area contributed by atoms with Crippen LogP contribution in [0.1, 0.15) is 12.5 Å². The van der Waals surface area contributed by atoms with Crippen LogP contribution in [0.3, 0.4) is 0 Å². The van der Waals surface area contributed by atoms with E-state index in [1.807, 2.05) is 24.3 Å². The molecule has 0 aliphatic rings. The Bertz CT molecular complexity index is 211. The molecule has 0 N–H and O–H groups in total. The molecule has 11 heavy (non-hydrogen) atoms. The van der Waals surface area contributed by atoms with Crippen molar-refractivity contribution in [2.45, 2.75) is 13.3 Å². The van der Waals surface area contributed by atoms with Crippen molar-refractivity contribution in [2.24, 2.45) is 5.92 Å². The molecular formula is C10H12Cl. The highest BCUT2D eigenvalue weighted by Gasteiger charge is 1.96. The number of hydrogen-bond donors (Lipinski definition) is 0. The van der Waals surface area contributed by atoms with E-state index in [0.717, 1.165) is 11.4 Å². The van der Waals surface area contributed by atoms with Gasteiger partial charge in [0.2, 0.25) is 0 Å². The fourth-order valence-corrected chi connectivity index (χ4v) is 1.15. The standard InChI is InChI=1S/C10H12Cl/c1-8(2)7-9-3-5-10(11)6-4-9/h3-6,8H,1,7H2,2H3. The van der Waals surface area contributed by atoms with Crippen LogP contribution in [0.5, 0.6) is 0 Å². The van der Waals surface area contributed by atoms with E-state index in [0.29, 0.717) is 5.92 Å². The van der Waals surface area contributed by atoms with Gasteiger partial charge in [-0.1, -0.05) is 37.6 Å². The monoisotopic (exact) mass is 167 g/mol. The summed E-state index contributed by atoms with van der Waals surface area (Å²) >= 11 is 5.73. The lowest BCUT2D eigenvalue weighted by Gasteiger charge is -2.03. The van der Waals surface area contributed by atoms with Crippen molar-refractivity contribution in [3.63, 3.8) is 0 Å². The topological polar surface area (TPSA) is 0 Å². The first-order chi connectivity index (χ1) is 5.18. The van der Waals surface area contributed by atoms with Gasteiger partial charge in [0.15, 0.2) is 0 Å². The number of hydrogen-bond acceptors (Lipinski definition) is 0. The molecule has 59 valence electrons. The second kappa shape index (κ2) is 3.77. The molecule has 0 aromatic heterocycles. The van der Waals surface area contributed by atoms with Gasteiger partial charge in [0, 0.05) is 5.02 Å². The van der Waals surface area contributed by atoms with Crippen LogP contribution in [0.4, 0.5) is 0 Å². The van der Waals surface area contributed by atoms with Crippen LogP contribution in [0.2, 0.25) is 5.02 Å². The quantitative estimate of drug-likeness (QED) is 0.634. The molecule has 1 aromatic rings. The Morgan fingerprint density at radius 2 is 1.91 bits per heavy atom. The zero-order chi connectivity index (χ0) is 8.27. The molecule has 1 aromatic carbocycles. The first-order valence-corrected chi connectivity index (χ1v) is 4.14. The Hall–Kier alpha value is -0.490. The van der Waals surface area contributed by atoms with Gasteiger partial charge in [-0.2, -0.15) is 0 Å². The van der Waals surface area contributed by atoms with Crippen molar-refractivity contribution in [3.05, 3.63) is 41.8 Å². The molecule has 1 atom stereocenters. The Balaban J connectivity index is 2.66. The molecule has 1 rings (SSSR count). The summed E-state index contributed by atoms with van der Waals surface area (Å²) in [5.41, 5.74) is 1.30. The lowest BCUT2D eigenvalue weighted by molar-refractivity contribution is 0.719. The molecule has 0 heterocycles. The predicted molar refractivity (Wildman–Crippen MR) is 49.7 cm³/mol. The molecule has 1 unspecified atom stereocenters. The van der Waals surface area contributed by atoms with E-state index in [1.54, 1.807) is 0 Å². The molecule has 1 radical (unpaired) electrons. The summed E-state index contributed by atoms with van der Waals surface area (Å²) in [4.78, 5) is 0. The second-order valence-corrected chi connectivity index (χ2v) is 3.37. The highest BCUT2D eigenvalue weighted by atomic mass is 35.5. The van der Waals surface area contributed by atoms with Crippen molar-refractivity contribution in [1.29, 1.82) is 0 Å². The molecular weight excluding hydrogens is 156 g/mol. The summed E-state index contributed by atoms with van der Waals surface area (Å²) in [7, 11) is 0. The van der Waals surface area contributed by atoms with Crippen molar-refractivity contribution < 1.29 is 0 Å². The van der Waals surface area contributed by atoms with Gasteiger partial charge >= 0.3 is 0 Å². The minimum Gasteiger partial charge on any atom is -0.0843 e. The third kappa shape index (κ3) is 2.94. The Labute approximate surface area is 73.2 Å². The summed E-state index contributed by atoms with van der Waals surface area (Å²) < 4.78 is 0. The molecule has 0 saturated heterocycles. The molecule has 0 fully saturated rings. The Kier molecular flexibility index (Phi) is 2.95. The first kappa shape index (κ1) is 8.61. The van der Waals surface area contributed by atoms with Crippen LogP contribution in [0.15, 0.2) is 24.3 Å². The predicted octanol–water partition coefficient (Wildman–Crippen LogP) is 3.35. The van der Waals surface area contributed by atoms with Gasteiger partial charge in [0.25, 0.3) is 0 Å². The van der Waals surface area contributed by atoms with Crippen molar-refractivity contribution in [1.82, 2.24) is 0 Å². The zero-order valence-electron chi connectivity index (χ0n) is 6.68. The van der Waals surface area contributed by atoms with E-state index < -0.39 is 0 Å². The largest absolute Gasteiger partial charge is 0.0843 e. The average Bonchev–Trinajstić information content (AvgIpc) is 1.93. The highest BCUT2D eigenvalue weighted by Crippen LogP contribution is 2.12. The fourth-order valence-electron chi connectivity index (χ4n) is 1.02. The smallest absolute Gasteiger partial charge is 0.0406 e. The lowest BCUT2D eigenvalue weighted by Crippen LogP contribution is -1.93. The Morgan fingerprint density at radius 1 is 1.36 bits per heavy atom. The fraction of sp³-hybridized carbons (Fsp3) is 0.300. The zero-order valence-corrected chi connectivity index (χ0v) is 7.43. The molecule has 0 aliphatic carbocycles. The SMILES string of the molecule is [CH2]C(C)Cc1ccc(Cl)cc1. The van der Waals surface area contributed by atoms with Gasteiger partial charge in [-0.15, -0.1) is 0 Å². The van der Waals surface area contributed by atoms with Crippen LogP contribution >= 0.6 is 11.6 Å². The maximum atomic E-state index is 5.73. The molecule has 0 aliphatic heterocycles. The normalized spacial score (nSPS) is 10.5. The number of benzene rings is 1. The van der Waals surface area contributed by atoms with Crippen LogP contribution in [-0.4, -0.2) is 0 Å². The van der Waals surface area contributed by atoms with Gasteiger partial charge in [-0.05, 0) is 30.0 Å². The molecule has 0 spiro atoms. The van der Waals surface area contributed by atoms with Crippen molar-refractivity contribution in [3.8, 4) is 0 Å². The summed E-state index contributed by atoms with van der Waals surface area (Å²) in [6.07, 6.45) is 1.02. The van der Waals surface area contributed by atoms with E-state index in [-0.39, 0.29) is 0 Å². The van der Waals surface area contributed by atoms with Gasteiger partial charge < -0.3 is 0 Å². The summed E-state index contributed by atoms with van der Waals surface area (Å²) in [6, 6.07) is 7.92. The Morgan fingerprint density at radius 3 is 2.36 bits per heavy atom. The summed E-state index contributed by atoms with van der Waals surface area (Å²) in [5, 5.41) is 0.797. The first-order valence-electron chi connectivity index (χ1n) is 3.76. The van der Waals surface area contributed by atoms with Crippen molar-refractivity contribution >= 4 is 11.6 Å². The van der Waals surface area contributed by atoms with E-state index in [9.17, 15) is 0 Å². The summed E-state index contributed by atoms with van der Waals surface area (Å²) in [6.45, 7) is 6.03.